The van der Waals surface area contributed by atoms with Crippen LogP contribution in [0.3, 0.4) is 0 Å². The van der Waals surface area contributed by atoms with E-state index in [2.05, 4.69) is 10.6 Å². The number of hydrogen-bond donors (Lipinski definition) is 2. The summed E-state index contributed by atoms with van der Waals surface area (Å²) in [6, 6.07) is 12.3. The number of carbonyl (C=O) groups is 3. The van der Waals surface area contributed by atoms with Gasteiger partial charge in [-0.2, -0.15) is 0 Å². The summed E-state index contributed by atoms with van der Waals surface area (Å²) in [5.41, 5.74) is 3.64. The van der Waals surface area contributed by atoms with E-state index in [0.717, 1.165) is 30.6 Å². The third-order valence-electron chi connectivity index (χ3n) is 5.03. The summed E-state index contributed by atoms with van der Waals surface area (Å²) < 4.78 is 4.97. The lowest BCUT2D eigenvalue weighted by Crippen LogP contribution is -2.38. The van der Waals surface area contributed by atoms with Crippen LogP contribution in [0.1, 0.15) is 53.5 Å². The van der Waals surface area contributed by atoms with Gasteiger partial charge in [0.2, 0.25) is 5.91 Å². The Morgan fingerprint density at radius 1 is 1.10 bits per heavy atom. The number of nitrogens with zero attached hydrogens (tertiary/aromatic N) is 1. The molecule has 0 saturated carbocycles. The number of amides is 2. The van der Waals surface area contributed by atoms with Gasteiger partial charge in [-0.05, 0) is 75.6 Å². The Labute approximate surface area is 182 Å². The van der Waals surface area contributed by atoms with E-state index in [1.807, 2.05) is 36.9 Å². The number of fused-ring (bicyclic) bond motifs is 1. The summed E-state index contributed by atoms with van der Waals surface area (Å²) in [7, 11) is 0. The molecule has 31 heavy (non-hydrogen) atoms. The molecule has 7 nitrogen and oxygen atoms in total. The highest BCUT2D eigenvalue weighted by Gasteiger charge is 2.24. The van der Waals surface area contributed by atoms with Crippen molar-refractivity contribution in [2.75, 3.05) is 29.9 Å². The molecule has 2 aromatic carbocycles. The highest BCUT2D eigenvalue weighted by molar-refractivity contribution is 5.99. The van der Waals surface area contributed by atoms with Crippen LogP contribution in [0.25, 0.3) is 0 Å². The molecule has 7 heteroatoms. The summed E-state index contributed by atoms with van der Waals surface area (Å²) >= 11 is 0. The van der Waals surface area contributed by atoms with E-state index in [4.69, 9.17) is 4.74 Å². The monoisotopic (exact) mass is 423 g/mol. The molecule has 2 aromatic rings. The Bertz CT molecular complexity index is 954. The summed E-state index contributed by atoms with van der Waals surface area (Å²) in [6.45, 7) is 6.87. The van der Waals surface area contributed by atoms with Gasteiger partial charge in [-0.1, -0.05) is 6.07 Å². The molecule has 0 aromatic heterocycles. The molecule has 0 radical (unpaired) electrons. The highest BCUT2D eigenvalue weighted by Crippen LogP contribution is 2.30. The van der Waals surface area contributed by atoms with Crippen molar-refractivity contribution in [2.45, 2.75) is 39.7 Å². The Balaban J connectivity index is 1.68. The molecule has 0 unspecified atom stereocenters. The number of esters is 1. The Kier molecular flexibility index (Phi) is 7.28. The van der Waals surface area contributed by atoms with E-state index in [0.29, 0.717) is 23.4 Å². The first-order valence-corrected chi connectivity index (χ1v) is 10.6. The normalized spacial score (nSPS) is 12.8. The minimum atomic E-state index is -0.386. The lowest BCUT2D eigenvalue weighted by molar-refractivity contribution is -0.115. The molecule has 1 aliphatic rings. The molecular formula is C24H29N3O4. The van der Waals surface area contributed by atoms with Crippen LogP contribution in [0.5, 0.6) is 0 Å². The fourth-order valence-corrected chi connectivity index (χ4v) is 3.70. The number of benzene rings is 2. The van der Waals surface area contributed by atoms with Gasteiger partial charge < -0.3 is 20.3 Å². The van der Waals surface area contributed by atoms with Crippen LogP contribution in [0.4, 0.5) is 11.4 Å². The molecule has 0 saturated heterocycles. The predicted molar refractivity (Wildman–Crippen MR) is 121 cm³/mol. The molecule has 0 bridgehead atoms. The molecular weight excluding hydrogens is 394 g/mol. The fourth-order valence-electron chi connectivity index (χ4n) is 3.70. The van der Waals surface area contributed by atoms with Gasteiger partial charge in [-0.3, -0.25) is 9.59 Å². The van der Waals surface area contributed by atoms with Crippen molar-refractivity contribution in [2.24, 2.45) is 0 Å². The smallest absolute Gasteiger partial charge is 0.338 e. The van der Waals surface area contributed by atoms with E-state index in [9.17, 15) is 14.4 Å². The summed E-state index contributed by atoms with van der Waals surface area (Å²) in [5.74, 6) is -0.629. The number of carbonyl (C=O) groups excluding carboxylic acids is 3. The molecule has 0 aliphatic carbocycles. The molecule has 0 fully saturated rings. The first-order valence-electron chi connectivity index (χ1n) is 10.6. The predicted octanol–water partition coefficient (Wildman–Crippen LogP) is 3.39. The zero-order chi connectivity index (χ0) is 22.4. The molecule has 3 rings (SSSR count). The second-order valence-corrected chi connectivity index (χ2v) is 7.80. The number of nitrogens with one attached hydrogen (secondary N) is 2. The maximum atomic E-state index is 12.7. The van der Waals surface area contributed by atoms with E-state index in [1.54, 1.807) is 31.2 Å². The van der Waals surface area contributed by atoms with Crippen LogP contribution >= 0.6 is 0 Å². The van der Waals surface area contributed by atoms with Crippen LogP contribution in [0.2, 0.25) is 0 Å². The van der Waals surface area contributed by atoms with Crippen LogP contribution in [0.15, 0.2) is 42.5 Å². The zero-order valence-corrected chi connectivity index (χ0v) is 18.2. The minimum Gasteiger partial charge on any atom is -0.462 e. The van der Waals surface area contributed by atoms with Crippen molar-refractivity contribution >= 4 is 29.2 Å². The van der Waals surface area contributed by atoms with Gasteiger partial charge in [-0.25, -0.2) is 4.79 Å². The third-order valence-corrected chi connectivity index (χ3v) is 5.03. The second kappa shape index (κ2) is 10.1. The molecule has 164 valence electrons. The SMILES string of the molecule is CCOC(=O)c1ccc(NC(=O)CN2CCCc3c(C(=O)NC(C)C)cccc32)cc1. The van der Waals surface area contributed by atoms with Crippen molar-refractivity contribution in [3.05, 3.63) is 59.2 Å². The van der Waals surface area contributed by atoms with Crippen molar-refractivity contribution in [3.63, 3.8) is 0 Å². The second-order valence-electron chi connectivity index (χ2n) is 7.80. The standard InChI is InChI=1S/C24H29N3O4/c1-4-31-24(30)17-10-12-18(13-11-17)26-22(28)15-27-14-6-8-19-20(7-5-9-21(19)27)23(29)25-16(2)3/h5,7,9-13,16H,4,6,8,14-15H2,1-3H3,(H,25,29)(H,26,28). The van der Waals surface area contributed by atoms with Gasteiger partial charge in [0.25, 0.3) is 5.91 Å². The quantitative estimate of drug-likeness (QED) is 0.667. The number of rotatable bonds is 7. The van der Waals surface area contributed by atoms with Gasteiger partial charge in [0.15, 0.2) is 0 Å². The van der Waals surface area contributed by atoms with Crippen molar-refractivity contribution in [1.29, 1.82) is 0 Å². The molecule has 2 amide bonds. The fraction of sp³-hybridized carbons (Fsp3) is 0.375. The number of ether oxygens (including phenoxy) is 1. The van der Waals surface area contributed by atoms with Gasteiger partial charge in [0, 0.05) is 29.5 Å². The lowest BCUT2D eigenvalue weighted by atomic mass is 9.95. The minimum absolute atomic E-state index is 0.0593. The van der Waals surface area contributed by atoms with Crippen molar-refractivity contribution < 1.29 is 19.1 Å². The lowest BCUT2D eigenvalue weighted by Gasteiger charge is -2.32. The maximum Gasteiger partial charge on any atom is 0.338 e. The maximum absolute atomic E-state index is 12.7. The van der Waals surface area contributed by atoms with Crippen LogP contribution in [0, 0.1) is 0 Å². The number of anilines is 2. The summed E-state index contributed by atoms with van der Waals surface area (Å²) in [4.78, 5) is 39.0. The van der Waals surface area contributed by atoms with Crippen LogP contribution < -0.4 is 15.5 Å². The Hall–Kier alpha value is -3.35. The summed E-state index contributed by atoms with van der Waals surface area (Å²) in [5, 5.41) is 5.82. The van der Waals surface area contributed by atoms with Crippen LogP contribution in [-0.4, -0.2) is 43.5 Å². The van der Waals surface area contributed by atoms with E-state index in [1.165, 1.54) is 0 Å². The van der Waals surface area contributed by atoms with Gasteiger partial charge in [0.1, 0.15) is 0 Å². The van der Waals surface area contributed by atoms with Gasteiger partial charge in [-0.15, -0.1) is 0 Å². The molecule has 2 N–H and O–H groups in total. The molecule has 1 aliphatic heterocycles. The van der Waals surface area contributed by atoms with Gasteiger partial charge in [0.05, 0.1) is 18.7 Å². The van der Waals surface area contributed by atoms with E-state index in [-0.39, 0.29) is 30.4 Å². The van der Waals surface area contributed by atoms with E-state index < -0.39 is 0 Å². The number of hydrogen-bond acceptors (Lipinski definition) is 5. The van der Waals surface area contributed by atoms with Crippen LogP contribution in [-0.2, 0) is 16.0 Å². The third kappa shape index (κ3) is 5.63. The van der Waals surface area contributed by atoms with E-state index >= 15 is 0 Å². The highest BCUT2D eigenvalue weighted by atomic mass is 16.5. The first-order chi connectivity index (χ1) is 14.9. The Morgan fingerprint density at radius 2 is 1.84 bits per heavy atom. The molecule has 0 atom stereocenters. The average molecular weight is 424 g/mol. The van der Waals surface area contributed by atoms with Crippen molar-refractivity contribution in [1.82, 2.24) is 5.32 Å². The largest absolute Gasteiger partial charge is 0.462 e. The molecule has 1 heterocycles. The summed E-state index contributed by atoms with van der Waals surface area (Å²) in [6.07, 6.45) is 1.69. The first kappa shape index (κ1) is 22.3. The topological polar surface area (TPSA) is 87.7 Å². The average Bonchev–Trinajstić information content (AvgIpc) is 2.73. The Morgan fingerprint density at radius 3 is 2.52 bits per heavy atom. The van der Waals surface area contributed by atoms with Crippen molar-refractivity contribution in [3.8, 4) is 0 Å². The van der Waals surface area contributed by atoms with Gasteiger partial charge >= 0.3 is 5.97 Å². The molecule has 0 spiro atoms. The zero-order valence-electron chi connectivity index (χ0n) is 18.2.